The number of carbonyl (C=O) groups excluding carboxylic acids is 1. The van der Waals surface area contributed by atoms with Gasteiger partial charge in [0.1, 0.15) is 0 Å². The lowest BCUT2D eigenvalue weighted by atomic mass is 10.1. The average Bonchev–Trinajstić information content (AvgIpc) is 2.46. The first-order chi connectivity index (χ1) is 9.29. The zero-order chi connectivity index (χ0) is 13.5. The summed E-state index contributed by atoms with van der Waals surface area (Å²) in [6.45, 7) is 1.82. The molecular formula is C15H22N2O2. The first kappa shape index (κ1) is 14.0. The van der Waals surface area contributed by atoms with Gasteiger partial charge in [-0.3, -0.25) is 4.79 Å². The number of hydrogen-bond donors (Lipinski definition) is 2. The monoisotopic (exact) mass is 262 g/mol. The fourth-order valence-electron chi connectivity index (χ4n) is 2.37. The molecule has 0 bridgehead atoms. The number of benzene rings is 1. The van der Waals surface area contributed by atoms with E-state index >= 15 is 0 Å². The second-order valence-corrected chi connectivity index (χ2v) is 4.94. The van der Waals surface area contributed by atoms with Crippen LogP contribution in [0.3, 0.4) is 0 Å². The van der Waals surface area contributed by atoms with Crippen molar-refractivity contribution in [3.63, 3.8) is 0 Å². The molecule has 1 aliphatic rings. The summed E-state index contributed by atoms with van der Waals surface area (Å²) in [5.74, 6) is 0.0544. The van der Waals surface area contributed by atoms with Crippen molar-refractivity contribution in [3.05, 3.63) is 35.4 Å². The Morgan fingerprint density at radius 3 is 2.79 bits per heavy atom. The molecule has 1 heterocycles. The molecule has 1 aromatic rings. The first-order valence-electron chi connectivity index (χ1n) is 6.94. The van der Waals surface area contributed by atoms with Gasteiger partial charge >= 0.3 is 0 Å². The molecule has 19 heavy (non-hydrogen) atoms. The van der Waals surface area contributed by atoms with E-state index in [-0.39, 0.29) is 12.0 Å². The summed E-state index contributed by atoms with van der Waals surface area (Å²) in [6.07, 6.45) is 3.83. The van der Waals surface area contributed by atoms with Crippen LogP contribution in [0.15, 0.2) is 24.3 Å². The van der Waals surface area contributed by atoms with Crippen molar-refractivity contribution in [3.8, 4) is 0 Å². The molecular weight excluding hydrogens is 240 g/mol. The Kier molecular flexibility index (Phi) is 5.36. The van der Waals surface area contributed by atoms with Crippen LogP contribution >= 0.6 is 0 Å². The van der Waals surface area contributed by atoms with Crippen LogP contribution in [0.4, 0.5) is 0 Å². The second-order valence-electron chi connectivity index (χ2n) is 4.94. The highest BCUT2D eigenvalue weighted by Crippen LogP contribution is 2.15. The molecule has 1 atom stereocenters. The molecule has 1 saturated heterocycles. The van der Waals surface area contributed by atoms with Crippen LogP contribution in [0.1, 0.15) is 36.8 Å². The van der Waals surface area contributed by atoms with Gasteiger partial charge in [-0.2, -0.15) is 0 Å². The molecule has 4 nitrogen and oxygen atoms in total. The van der Waals surface area contributed by atoms with Gasteiger partial charge in [0.05, 0.1) is 12.5 Å². The van der Waals surface area contributed by atoms with E-state index < -0.39 is 0 Å². The van der Waals surface area contributed by atoms with Crippen molar-refractivity contribution in [2.45, 2.75) is 44.9 Å². The Morgan fingerprint density at radius 2 is 2.11 bits per heavy atom. The maximum absolute atomic E-state index is 11.9. The Balaban J connectivity index is 1.79. The highest BCUT2D eigenvalue weighted by molar-refractivity contribution is 5.76. The van der Waals surface area contributed by atoms with Gasteiger partial charge in [-0.1, -0.05) is 24.3 Å². The number of carbonyl (C=O) groups is 1. The number of hydrogen-bond acceptors (Lipinski definition) is 3. The third-order valence-corrected chi connectivity index (χ3v) is 3.50. The van der Waals surface area contributed by atoms with Crippen LogP contribution in [0, 0.1) is 0 Å². The Hall–Kier alpha value is -1.39. The van der Waals surface area contributed by atoms with Gasteiger partial charge in [0.15, 0.2) is 0 Å². The maximum atomic E-state index is 11.9. The largest absolute Gasteiger partial charge is 0.378 e. The molecule has 1 amide bonds. The zero-order valence-corrected chi connectivity index (χ0v) is 11.2. The van der Waals surface area contributed by atoms with E-state index in [1.807, 2.05) is 24.3 Å². The van der Waals surface area contributed by atoms with Crippen molar-refractivity contribution in [1.29, 1.82) is 0 Å². The molecule has 0 aliphatic carbocycles. The number of ether oxygens (including phenoxy) is 1. The smallest absolute Gasteiger partial charge is 0.222 e. The van der Waals surface area contributed by atoms with E-state index in [0.717, 1.165) is 37.0 Å². The maximum Gasteiger partial charge on any atom is 0.222 e. The van der Waals surface area contributed by atoms with Crippen LogP contribution in [0.2, 0.25) is 0 Å². The molecule has 1 aliphatic heterocycles. The Labute approximate surface area is 114 Å². The predicted octanol–water partition coefficient (Wildman–Crippen LogP) is 1.72. The van der Waals surface area contributed by atoms with E-state index in [1.165, 1.54) is 0 Å². The fourth-order valence-corrected chi connectivity index (χ4v) is 2.37. The van der Waals surface area contributed by atoms with Gasteiger partial charge in [0.2, 0.25) is 5.91 Å². The summed E-state index contributed by atoms with van der Waals surface area (Å²) >= 11 is 0. The topological polar surface area (TPSA) is 64.3 Å². The lowest BCUT2D eigenvalue weighted by Gasteiger charge is -2.22. The Morgan fingerprint density at radius 1 is 1.32 bits per heavy atom. The van der Waals surface area contributed by atoms with Gasteiger partial charge in [-0.15, -0.1) is 0 Å². The third-order valence-electron chi connectivity index (χ3n) is 3.50. The van der Waals surface area contributed by atoms with Crippen molar-refractivity contribution < 1.29 is 9.53 Å². The van der Waals surface area contributed by atoms with Crippen LogP contribution in [0.5, 0.6) is 0 Å². The molecule has 0 radical (unpaired) electrons. The van der Waals surface area contributed by atoms with Gasteiger partial charge < -0.3 is 15.8 Å². The van der Waals surface area contributed by atoms with Gasteiger partial charge in [0, 0.05) is 19.7 Å². The van der Waals surface area contributed by atoms with Gasteiger partial charge in [0.25, 0.3) is 0 Å². The van der Waals surface area contributed by atoms with Crippen LogP contribution in [-0.4, -0.2) is 18.6 Å². The molecule has 2 rings (SSSR count). The number of nitrogens with one attached hydrogen (secondary N) is 1. The minimum absolute atomic E-state index is 0.0544. The summed E-state index contributed by atoms with van der Waals surface area (Å²) in [6, 6.07) is 7.92. The summed E-state index contributed by atoms with van der Waals surface area (Å²) in [4.78, 5) is 11.9. The summed E-state index contributed by atoms with van der Waals surface area (Å²) in [5.41, 5.74) is 7.84. The van der Waals surface area contributed by atoms with Crippen LogP contribution < -0.4 is 11.1 Å². The summed E-state index contributed by atoms with van der Waals surface area (Å²) in [5, 5.41) is 2.95. The minimum Gasteiger partial charge on any atom is -0.378 e. The van der Waals surface area contributed by atoms with Crippen LogP contribution in [0.25, 0.3) is 0 Å². The van der Waals surface area contributed by atoms with E-state index in [9.17, 15) is 4.79 Å². The molecule has 4 heteroatoms. The van der Waals surface area contributed by atoms with Crippen molar-refractivity contribution in [2.24, 2.45) is 5.73 Å². The van der Waals surface area contributed by atoms with Crippen LogP contribution in [-0.2, 0) is 22.6 Å². The van der Waals surface area contributed by atoms with Crippen molar-refractivity contribution in [2.75, 3.05) is 6.61 Å². The van der Waals surface area contributed by atoms with Crippen molar-refractivity contribution >= 4 is 5.91 Å². The molecule has 0 aromatic heterocycles. The molecule has 0 saturated carbocycles. The molecule has 104 valence electrons. The summed E-state index contributed by atoms with van der Waals surface area (Å²) in [7, 11) is 0. The third kappa shape index (κ3) is 4.33. The summed E-state index contributed by atoms with van der Waals surface area (Å²) < 4.78 is 5.56. The van der Waals surface area contributed by atoms with E-state index in [0.29, 0.717) is 19.5 Å². The zero-order valence-electron chi connectivity index (χ0n) is 11.2. The molecule has 1 fully saturated rings. The van der Waals surface area contributed by atoms with Gasteiger partial charge in [-0.05, 0) is 30.4 Å². The second kappa shape index (κ2) is 7.26. The van der Waals surface area contributed by atoms with E-state index in [4.69, 9.17) is 10.5 Å². The number of rotatable bonds is 5. The van der Waals surface area contributed by atoms with Gasteiger partial charge in [-0.25, -0.2) is 0 Å². The quantitative estimate of drug-likeness (QED) is 0.849. The highest BCUT2D eigenvalue weighted by Gasteiger charge is 2.17. The molecule has 0 spiro atoms. The Bertz CT molecular complexity index is 414. The molecule has 3 N–H and O–H groups in total. The normalized spacial score (nSPS) is 19.1. The van der Waals surface area contributed by atoms with Crippen molar-refractivity contribution in [1.82, 2.24) is 5.32 Å². The molecule has 1 aromatic carbocycles. The first-order valence-corrected chi connectivity index (χ1v) is 6.94. The predicted molar refractivity (Wildman–Crippen MR) is 74.4 cm³/mol. The molecule has 1 unspecified atom stereocenters. The lowest BCUT2D eigenvalue weighted by molar-refractivity contribution is -0.125. The van der Waals surface area contributed by atoms with E-state index in [1.54, 1.807) is 0 Å². The average molecular weight is 262 g/mol. The number of amides is 1. The SMILES string of the molecule is NCc1ccccc1CNC(=O)CC1CCCCO1. The standard InChI is InChI=1S/C15H22N2O2/c16-10-12-5-1-2-6-13(12)11-17-15(18)9-14-7-3-4-8-19-14/h1-2,5-6,14H,3-4,7-11,16H2,(H,17,18). The van der Waals surface area contributed by atoms with E-state index in [2.05, 4.69) is 5.32 Å². The highest BCUT2D eigenvalue weighted by atomic mass is 16.5. The fraction of sp³-hybridized carbons (Fsp3) is 0.533. The lowest BCUT2D eigenvalue weighted by Crippen LogP contribution is -2.30. The minimum atomic E-state index is 0.0544. The number of nitrogens with two attached hydrogens (primary N) is 1.